The van der Waals surface area contributed by atoms with Gasteiger partial charge in [-0.05, 0) is 80.1 Å². The van der Waals surface area contributed by atoms with Crippen LogP contribution in [0.4, 0.5) is 5.82 Å². The van der Waals surface area contributed by atoms with Gasteiger partial charge < -0.3 is 10.1 Å². The first-order valence-corrected chi connectivity index (χ1v) is 14.0. The molecule has 1 saturated heterocycles. The topological polar surface area (TPSA) is 42.3 Å². The monoisotopic (exact) mass is 522 g/mol. The molecule has 0 saturated carbocycles. The third-order valence-electron chi connectivity index (χ3n) is 6.53. The number of nitrogens with one attached hydrogen (secondary N) is 1. The molecule has 4 rings (SSSR count). The maximum absolute atomic E-state index is 6.09. The number of anilines is 1. The average Bonchev–Trinajstić information content (AvgIpc) is 3.42. The Hall–Kier alpha value is -2.19. The Balaban J connectivity index is 1.48. The van der Waals surface area contributed by atoms with Gasteiger partial charge in [0.25, 0.3) is 0 Å². The fraction of sp³-hybridized carbons (Fsp3) is 0.414. The molecule has 0 spiro atoms. The van der Waals surface area contributed by atoms with Gasteiger partial charge in [0, 0.05) is 35.1 Å². The number of ether oxygens (including phenoxy) is 1. The Morgan fingerprint density at radius 1 is 1.06 bits per heavy atom. The molecule has 0 radical (unpaired) electrons. The third kappa shape index (κ3) is 6.76. The van der Waals surface area contributed by atoms with Gasteiger partial charge in [-0.25, -0.2) is 0 Å². The molecule has 1 N–H and O–H groups in total. The molecule has 2 aromatic carbocycles. The Kier molecular flexibility index (Phi) is 8.88. The summed E-state index contributed by atoms with van der Waals surface area (Å²) >= 11 is 0. The number of aromatic nitrogens is 2. The van der Waals surface area contributed by atoms with Crippen LogP contribution in [-0.4, -0.2) is 34.4 Å². The van der Waals surface area contributed by atoms with Crippen molar-refractivity contribution in [3.63, 3.8) is 0 Å². The molecule has 0 aliphatic carbocycles. The van der Waals surface area contributed by atoms with Gasteiger partial charge in [-0.15, -0.1) is 18.5 Å². The molecular formula is C29H40N4OP2. The lowest BCUT2D eigenvalue weighted by Gasteiger charge is -2.18. The van der Waals surface area contributed by atoms with Crippen LogP contribution in [0.3, 0.4) is 0 Å². The summed E-state index contributed by atoms with van der Waals surface area (Å²) in [7, 11) is 5.78. The lowest BCUT2D eigenvalue weighted by Crippen LogP contribution is -2.22. The van der Waals surface area contributed by atoms with Crippen LogP contribution in [0.1, 0.15) is 54.6 Å². The van der Waals surface area contributed by atoms with Crippen molar-refractivity contribution >= 4 is 40.6 Å². The maximum atomic E-state index is 6.09. The molecule has 0 amide bonds. The molecule has 7 heteroatoms. The van der Waals surface area contributed by atoms with Crippen molar-refractivity contribution in [2.24, 2.45) is 5.92 Å². The SMILES string of the molecule is C=C(Nc1cc(C)n(Cc2cc(C)ccc2OCC(C)C)n1)c1c(P)cc(CN2CCCC2)cc1P. The summed E-state index contributed by atoms with van der Waals surface area (Å²) in [6.07, 6.45) is 2.62. The largest absolute Gasteiger partial charge is 0.493 e. The zero-order chi connectivity index (χ0) is 25.8. The number of nitrogens with zero attached hydrogens (tertiary/aromatic N) is 3. The summed E-state index contributed by atoms with van der Waals surface area (Å²) in [5.41, 5.74) is 6.73. The Morgan fingerprint density at radius 2 is 1.75 bits per heavy atom. The molecule has 0 bridgehead atoms. The lowest BCUT2D eigenvalue weighted by molar-refractivity contribution is 0.268. The van der Waals surface area contributed by atoms with Gasteiger partial charge in [0.15, 0.2) is 5.82 Å². The molecule has 3 aromatic rings. The van der Waals surface area contributed by atoms with Gasteiger partial charge in [0.1, 0.15) is 5.75 Å². The summed E-state index contributed by atoms with van der Waals surface area (Å²) in [4.78, 5) is 2.53. The fourth-order valence-electron chi connectivity index (χ4n) is 4.73. The summed E-state index contributed by atoms with van der Waals surface area (Å²) in [5.74, 6) is 2.20. The second-order valence-electron chi connectivity index (χ2n) is 10.4. The molecule has 2 heterocycles. The van der Waals surface area contributed by atoms with Crippen molar-refractivity contribution < 1.29 is 4.74 Å². The van der Waals surface area contributed by atoms with Gasteiger partial charge in [0.05, 0.1) is 13.2 Å². The van der Waals surface area contributed by atoms with Crippen LogP contribution in [0.15, 0.2) is 43.0 Å². The zero-order valence-electron chi connectivity index (χ0n) is 22.1. The first kappa shape index (κ1) is 26.9. The van der Waals surface area contributed by atoms with Crippen molar-refractivity contribution in [2.45, 2.75) is 53.6 Å². The van der Waals surface area contributed by atoms with Gasteiger partial charge >= 0.3 is 0 Å². The van der Waals surface area contributed by atoms with Gasteiger partial charge in [-0.1, -0.05) is 38.1 Å². The van der Waals surface area contributed by atoms with Crippen LogP contribution in [0.2, 0.25) is 0 Å². The van der Waals surface area contributed by atoms with E-state index in [1.165, 1.54) is 37.1 Å². The van der Waals surface area contributed by atoms with Crippen LogP contribution in [-0.2, 0) is 13.1 Å². The smallest absolute Gasteiger partial charge is 0.152 e. The molecule has 2 atom stereocenters. The van der Waals surface area contributed by atoms with Crippen LogP contribution in [0, 0.1) is 19.8 Å². The van der Waals surface area contributed by atoms with Crippen LogP contribution >= 0.6 is 18.5 Å². The summed E-state index contributed by atoms with van der Waals surface area (Å²) in [6, 6.07) is 13.0. The predicted molar refractivity (Wildman–Crippen MR) is 160 cm³/mol. The van der Waals surface area contributed by atoms with E-state index in [2.05, 4.69) is 99.4 Å². The Labute approximate surface area is 221 Å². The van der Waals surface area contributed by atoms with Crippen molar-refractivity contribution in [3.8, 4) is 5.75 Å². The minimum Gasteiger partial charge on any atom is -0.493 e. The van der Waals surface area contributed by atoms with Gasteiger partial charge in [-0.3, -0.25) is 9.58 Å². The second kappa shape index (κ2) is 11.9. The van der Waals surface area contributed by atoms with E-state index >= 15 is 0 Å². The quantitative estimate of drug-likeness (QED) is 0.369. The number of hydrogen-bond donors (Lipinski definition) is 1. The number of hydrogen-bond acceptors (Lipinski definition) is 4. The van der Waals surface area contributed by atoms with Crippen LogP contribution in [0.5, 0.6) is 5.75 Å². The summed E-state index contributed by atoms with van der Waals surface area (Å²) < 4.78 is 8.12. The maximum Gasteiger partial charge on any atom is 0.152 e. The lowest BCUT2D eigenvalue weighted by atomic mass is 10.1. The fourth-order valence-corrected chi connectivity index (χ4v) is 6.01. The van der Waals surface area contributed by atoms with E-state index in [1.807, 2.05) is 4.68 Å². The Bertz CT molecular complexity index is 1210. The summed E-state index contributed by atoms with van der Waals surface area (Å²) in [5, 5.41) is 10.6. The molecule has 5 nitrogen and oxygen atoms in total. The predicted octanol–water partition coefficient (Wildman–Crippen LogP) is 5.26. The van der Waals surface area contributed by atoms with E-state index in [0.717, 1.165) is 51.2 Å². The van der Waals surface area contributed by atoms with Gasteiger partial charge in [0.2, 0.25) is 0 Å². The minimum atomic E-state index is 0.477. The van der Waals surface area contributed by atoms with E-state index < -0.39 is 0 Å². The van der Waals surface area contributed by atoms with Crippen molar-refractivity contribution in [3.05, 3.63) is 70.9 Å². The van der Waals surface area contributed by atoms with Crippen molar-refractivity contribution in [2.75, 3.05) is 25.0 Å². The molecule has 1 fully saturated rings. The average molecular weight is 523 g/mol. The number of benzene rings is 2. The number of aryl methyl sites for hydroxylation is 2. The highest BCUT2D eigenvalue weighted by Gasteiger charge is 2.16. The first-order valence-electron chi connectivity index (χ1n) is 12.8. The van der Waals surface area contributed by atoms with Crippen molar-refractivity contribution in [1.82, 2.24) is 14.7 Å². The van der Waals surface area contributed by atoms with Crippen LogP contribution in [0.25, 0.3) is 5.70 Å². The Morgan fingerprint density at radius 3 is 2.42 bits per heavy atom. The molecule has 192 valence electrons. The first-order chi connectivity index (χ1) is 17.2. The molecular weight excluding hydrogens is 482 g/mol. The van der Waals surface area contributed by atoms with E-state index in [-0.39, 0.29) is 0 Å². The normalized spacial score (nSPS) is 14.0. The van der Waals surface area contributed by atoms with Crippen LogP contribution < -0.4 is 20.7 Å². The summed E-state index contributed by atoms with van der Waals surface area (Å²) in [6.45, 7) is 17.6. The highest BCUT2D eigenvalue weighted by molar-refractivity contribution is 7.30. The minimum absolute atomic E-state index is 0.477. The highest BCUT2D eigenvalue weighted by atomic mass is 31.0. The zero-order valence-corrected chi connectivity index (χ0v) is 24.4. The number of likely N-dealkylation sites (tertiary alicyclic amines) is 1. The van der Waals surface area contributed by atoms with E-state index in [0.29, 0.717) is 19.1 Å². The standard InChI is InChI=1S/C29H40N4OP2/c1-19(2)18-34-25-9-8-20(3)12-24(25)17-33-21(4)13-28(31-33)30-22(5)29-26(35)14-23(15-27(29)36)16-32-10-6-7-11-32/h8-9,12-15,19H,5-7,10-11,16-18,35-36H2,1-4H3,(H,30,31). The molecule has 36 heavy (non-hydrogen) atoms. The second-order valence-corrected chi connectivity index (χ2v) is 11.6. The molecule has 1 aliphatic rings. The highest BCUT2D eigenvalue weighted by Crippen LogP contribution is 2.24. The van der Waals surface area contributed by atoms with Crippen molar-refractivity contribution in [1.29, 1.82) is 0 Å². The molecule has 2 unspecified atom stereocenters. The molecule has 1 aliphatic heterocycles. The van der Waals surface area contributed by atoms with E-state index in [9.17, 15) is 0 Å². The third-order valence-corrected chi connectivity index (χ3v) is 7.44. The van der Waals surface area contributed by atoms with Gasteiger partial charge in [-0.2, -0.15) is 5.10 Å². The van der Waals surface area contributed by atoms with E-state index in [1.54, 1.807) is 0 Å². The molecule has 1 aromatic heterocycles. The van der Waals surface area contributed by atoms with E-state index in [4.69, 9.17) is 9.84 Å². The number of rotatable bonds is 10.